The van der Waals surface area contributed by atoms with E-state index in [4.69, 9.17) is 9.47 Å². The van der Waals surface area contributed by atoms with Crippen LogP contribution in [0.1, 0.15) is 15.9 Å². The van der Waals surface area contributed by atoms with E-state index in [0.717, 1.165) is 0 Å². The van der Waals surface area contributed by atoms with Gasteiger partial charge in [0.25, 0.3) is 0 Å². The Morgan fingerprint density at radius 3 is 2.13 bits per heavy atom. The largest absolute Gasteiger partial charge is 0.504 e. The van der Waals surface area contributed by atoms with Gasteiger partial charge in [-0.2, -0.15) is 0 Å². The molecule has 2 rings (SSSR count). The lowest BCUT2D eigenvalue weighted by Gasteiger charge is -2.16. The lowest BCUT2D eigenvalue weighted by molar-refractivity contribution is 0.103. The molecular formula is C17H16Br2O4. The average molecular weight is 444 g/mol. The molecule has 0 saturated heterocycles. The summed E-state index contributed by atoms with van der Waals surface area (Å²) in [7, 11) is 0. The molecule has 0 atom stereocenters. The lowest BCUT2D eigenvalue weighted by Crippen LogP contribution is -2.10. The van der Waals surface area contributed by atoms with Crippen molar-refractivity contribution in [3.05, 3.63) is 53.6 Å². The maximum Gasteiger partial charge on any atom is 0.204 e. The van der Waals surface area contributed by atoms with Crippen LogP contribution in [0.4, 0.5) is 0 Å². The summed E-state index contributed by atoms with van der Waals surface area (Å²) in [4.78, 5) is 12.7. The van der Waals surface area contributed by atoms with Crippen molar-refractivity contribution in [1.82, 2.24) is 0 Å². The maximum absolute atomic E-state index is 12.7. The first-order valence-corrected chi connectivity index (χ1v) is 9.26. The summed E-state index contributed by atoms with van der Waals surface area (Å²) in [5.41, 5.74) is 0.910. The summed E-state index contributed by atoms with van der Waals surface area (Å²) in [5, 5.41) is 11.2. The Balaban J connectivity index is 2.46. The fourth-order valence-corrected chi connectivity index (χ4v) is 2.36. The third-order valence-electron chi connectivity index (χ3n) is 3.02. The number of rotatable bonds is 8. The van der Waals surface area contributed by atoms with Crippen LogP contribution in [0.5, 0.6) is 17.2 Å². The van der Waals surface area contributed by atoms with Crippen molar-refractivity contribution in [3.8, 4) is 17.2 Å². The molecule has 0 amide bonds. The van der Waals surface area contributed by atoms with Gasteiger partial charge in [-0.1, -0.05) is 62.2 Å². The second kappa shape index (κ2) is 8.93. The van der Waals surface area contributed by atoms with E-state index in [2.05, 4.69) is 31.9 Å². The Hall–Kier alpha value is -1.53. The van der Waals surface area contributed by atoms with Crippen molar-refractivity contribution < 1.29 is 19.4 Å². The number of aromatic hydroxyl groups is 1. The number of halogens is 2. The molecule has 1 N–H and O–H groups in total. The van der Waals surface area contributed by atoms with Gasteiger partial charge in [-0.05, 0) is 12.1 Å². The highest BCUT2D eigenvalue weighted by Gasteiger charge is 2.22. The molecule has 0 aliphatic carbocycles. The summed E-state index contributed by atoms with van der Waals surface area (Å²) >= 11 is 6.56. The van der Waals surface area contributed by atoms with Crippen LogP contribution in [0.2, 0.25) is 0 Å². The maximum atomic E-state index is 12.7. The number of ether oxygens (including phenoxy) is 2. The number of phenolic OH excluding ortho intramolecular Hbond substituents is 1. The van der Waals surface area contributed by atoms with Crippen molar-refractivity contribution >= 4 is 37.6 Å². The molecule has 2 aromatic carbocycles. The van der Waals surface area contributed by atoms with E-state index in [-0.39, 0.29) is 23.0 Å². The Morgan fingerprint density at radius 1 is 0.913 bits per heavy atom. The highest BCUT2D eigenvalue weighted by molar-refractivity contribution is 9.09. The molecule has 0 spiro atoms. The van der Waals surface area contributed by atoms with Crippen LogP contribution >= 0.6 is 31.9 Å². The van der Waals surface area contributed by atoms with Crippen molar-refractivity contribution in [2.75, 3.05) is 23.9 Å². The number of phenols is 1. The molecule has 4 nitrogen and oxygen atoms in total. The van der Waals surface area contributed by atoms with E-state index < -0.39 is 0 Å². The third-order valence-corrected chi connectivity index (χ3v) is 3.67. The lowest BCUT2D eigenvalue weighted by atomic mass is 10.0. The predicted octanol–water partition coefficient (Wildman–Crippen LogP) is 4.17. The molecule has 0 heterocycles. The average Bonchev–Trinajstić information content (AvgIpc) is 2.59. The monoisotopic (exact) mass is 442 g/mol. The second-order valence-electron chi connectivity index (χ2n) is 4.56. The van der Waals surface area contributed by atoms with Gasteiger partial charge >= 0.3 is 0 Å². The van der Waals surface area contributed by atoms with E-state index in [1.54, 1.807) is 30.3 Å². The van der Waals surface area contributed by atoms with Gasteiger partial charge in [0.05, 0.1) is 18.8 Å². The van der Waals surface area contributed by atoms with Crippen LogP contribution in [0.3, 0.4) is 0 Å². The topological polar surface area (TPSA) is 55.8 Å². The number of benzene rings is 2. The molecule has 122 valence electrons. The quantitative estimate of drug-likeness (QED) is 0.491. The van der Waals surface area contributed by atoms with Gasteiger partial charge in [0, 0.05) is 16.2 Å². The summed E-state index contributed by atoms with van der Waals surface area (Å²) in [5.74, 6) is 0.213. The standard InChI is InChI=1S/C17H16Br2O4/c18-8-10-22-16-13(15(21)12-4-2-1-3-5-12)6-7-14(20)17(16)23-11-9-19/h1-7,20H,8-11H2. The number of alkyl halides is 2. The van der Waals surface area contributed by atoms with Crippen LogP contribution in [0.15, 0.2) is 42.5 Å². The van der Waals surface area contributed by atoms with E-state index in [0.29, 0.717) is 35.0 Å². The number of carbonyl (C=O) groups excluding carboxylic acids is 1. The van der Waals surface area contributed by atoms with Crippen LogP contribution in [0, 0.1) is 0 Å². The summed E-state index contributed by atoms with van der Waals surface area (Å²) < 4.78 is 11.2. The molecule has 2 aromatic rings. The molecule has 23 heavy (non-hydrogen) atoms. The second-order valence-corrected chi connectivity index (χ2v) is 6.15. The van der Waals surface area contributed by atoms with Crippen molar-refractivity contribution in [2.24, 2.45) is 0 Å². The molecule has 0 fully saturated rings. The highest BCUT2D eigenvalue weighted by atomic mass is 79.9. The summed E-state index contributed by atoms with van der Waals surface area (Å²) in [6, 6.07) is 11.9. The molecule has 0 radical (unpaired) electrons. The van der Waals surface area contributed by atoms with Crippen molar-refractivity contribution in [3.63, 3.8) is 0 Å². The first kappa shape index (κ1) is 17.8. The smallest absolute Gasteiger partial charge is 0.204 e. The van der Waals surface area contributed by atoms with Gasteiger partial charge in [-0.25, -0.2) is 0 Å². The first-order chi connectivity index (χ1) is 11.2. The molecule has 0 bridgehead atoms. The number of carbonyl (C=O) groups is 1. The molecule has 0 unspecified atom stereocenters. The molecule has 0 saturated carbocycles. The third kappa shape index (κ3) is 4.48. The minimum Gasteiger partial charge on any atom is -0.504 e. The Morgan fingerprint density at radius 2 is 1.52 bits per heavy atom. The van der Waals surface area contributed by atoms with Gasteiger partial charge in [0.2, 0.25) is 5.75 Å². The van der Waals surface area contributed by atoms with Crippen LogP contribution < -0.4 is 9.47 Å². The minimum atomic E-state index is -0.182. The molecular weight excluding hydrogens is 428 g/mol. The van der Waals surface area contributed by atoms with E-state index >= 15 is 0 Å². The fraction of sp³-hybridized carbons (Fsp3) is 0.235. The molecule has 0 aliphatic heterocycles. The minimum absolute atomic E-state index is 0.0554. The van der Waals surface area contributed by atoms with Gasteiger partial charge in [0.15, 0.2) is 17.3 Å². The molecule has 0 aliphatic rings. The molecule has 6 heteroatoms. The Kier molecular flexibility index (Phi) is 6.92. The van der Waals surface area contributed by atoms with E-state index in [1.807, 2.05) is 6.07 Å². The van der Waals surface area contributed by atoms with Gasteiger partial charge in [0.1, 0.15) is 0 Å². The van der Waals surface area contributed by atoms with Gasteiger partial charge < -0.3 is 14.6 Å². The van der Waals surface area contributed by atoms with E-state index in [1.165, 1.54) is 6.07 Å². The van der Waals surface area contributed by atoms with Crippen LogP contribution in [-0.4, -0.2) is 34.8 Å². The van der Waals surface area contributed by atoms with Crippen molar-refractivity contribution in [2.45, 2.75) is 0 Å². The molecule has 0 aromatic heterocycles. The number of ketones is 1. The summed E-state index contributed by atoms with van der Waals surface area (Å²) in [6.07, 6.45) is 0. The number of hydrogen-bond acceptors (Lipinski definition) is 4. The number of hydrogen-bond donors (Lipinski definition) is 1. The van der Waals surface area contributed by atoms with E-state index in [9.17, 15) is 9.90 Å². The predicted molar refractivity (Wildman–Crippen MR) is 96.6 cm³/mol. The van der Waals surface area contributed by atoms with Crippen LogP contribution in [-0.2, 0) is 0 Å². The zero-order valence-electron chi connectivity index (χ0n) is 12.3. The van der Waals surface area contributed by atoms with Crippen LogP contribution in [0.25, 0.3) is 0 Å². The SMILES string of the molecule is O=C(c1ccccc1)c1ccc(O)c(OCCBr)c1OCCBr. The van der Waals surface area contributed by atoms with Crippen molar-refractivity contribution in [1.29, 1.82) is 0 Å². The van der Waals surface area contributed by atoms with Gasteiger partial charge in [-0.3, -0.25) is 4.79 Å². The zero-order valence-corrected chi connectivity index (χ0v) is 15.5. The summed E-state index contributed by atoms with van der Waals surface area (Å²) in [6.45, 7) is 0.699. The Bertz CT molecular complexity index is 659. The van der Waals surface area contributed by atoms with Gasteiger partial charge in [-0.15, -0.1) is 0 Å². The zero-order chi connectivity index (χ0) is 16.7. The Labute approximate surface area is 151 Å². The highest BCUT2D eigenvalue weighted by Crippen LogP contribution is 2.40. The normalized spacial score (nSPS) is 10.3. The fourth-order valence-electron chi connectivity index (χ4n) is 2.04. The first-order valence-electron chi connectivity index (χ1n) is 7.02.